The number of sulfonamides is 1. The highest BCUT2D eigenvalue weighted by Crippen LogP contribution is 2.15. The van der Waals surface area contributed by atoms with Crippen LogP contribution in [-0.4, -0.2) is 70.4 Å². The second-order valence-electron chi connectivity index (χ2n) is 7.64. The van der Waals surface area contributed by atoms with Gasteiger partial charge >= 0.3 is 0 Å². The van der Waals surface area contributed by atoms with E-state index in [1.54, 1.807) is 41.2 Å². The van der Waals surface area contributed by atoms with E-state index < -0.39 is 10.0 Å². The Morgan fingerprint density at radius 3 is 2.16 bits per heavy atom. The Hall–Kier alpha value is -2.91. The number of amides is 2. The Balaban J connectivity index is 1.45. The molecule has 1 aliphatic rings. The van der Waals surface area contributed by atoms with Crippen molar-refractivity contribution < 1.29 is 22.7 Å². The molecule has 1 fully saturated rings. The maximum atomic E-state index is 12.6. The van der Waals surface area contributed by atoms with Crippen LogP contribution in [0.3, 0.4) is 0 Å². The number of hydrogen-bond donors (Lipinski definition) is 1. The fraction of sp³-hybridized carbons (Fsp3) is 0.391. The molecule has 0 radical (unpaired) electrons. The van der Waals surface area contributed by atoms with Gasteiger partial charge in [-0.1, -0.05) is 24.3 Å². The van der Waals surface area contributed by atoms with E-state index in [-0.39, 0.29) is 16.7 Å². The quantitative estimate of drug-likeness (QED) is 0.645. The lowest BCUT2D eigenvalue weighted by atomic mass is 10.1. The number of nitrogens with one attached hydrogen (secondary N) is 1. The normalized spacial score (nSPS) is 14.3. The highest BCUT2D eigenvalue weighted by molar-refractivity contribution is 7.89. The molecular weight excluding hydrogens is 430 g/mol. The van der Waals surface area contributed by atoms with Crippen molar-refractivity contribution in [2.24, 2.45) is 0 Å². The van der Waals surface area contributed by atoms with Crippen molar-refractivity contribution in [3.05, 3.63) is 59.7 Å². The molecular formula is C23H29N3O5S. The van der Waals surface area contributed by atoms with Gasteiger partial charge in [-0.2, -0.15) is 0 Å². The fourth-order valence-electron chi connectivity index (χ4n) is 3.64. The number of carbonyl (C=O) groups is 2. The van der Waals surface area contributed by atoms with Gasteiger partial charge in [-0.25, -0.2) is 13.1 Å². The summed E-state index contributed by atoms with van der Waals surface area (Å²) in [5, 5.41) is 0. The van der Waals surface area contributed by atoms with Crippen molar-refractivity contribution in [3.63, 3.8) is 0 Å². The molecule has 0 aliphatic carbocycles. The molecule has 0 saturated carbocycles. The number of rotatable bonds is 8. The zero-order chi connectivity index (χ0) is 23.1. The minimum atomic E-state index is -3.46. The maximum Gasteiger partial charge on any atom is 0.240 e. The Labute approximate surface area is 189 Å². The molecule has 8 nitrogen and oxygen atoms in total. The number of aryl methyl sites for hydroxylation is 1. The van der Waals surface area contributed by atoms with Crippen LogP contribution in [0.4, 0.5) is 0 Å². The van der Waals surface area contributed by atoms with Gasteiger partial charge in [0.15, 0.2) is 0 Å². The predicted molar refractivity (Wildman–Crippen MR) is 121 cm³/mol. The van der Waals surface area contributed by atoms with Gasteiger partial charge in [-0.3, -0.25) is 9.59 Å². The molecule has 3 rings (SSSR count). The first-order valence-corrected chi connectivity index (χ1v) is 12.0. The molecule has 2 amide bonds. The first kappa shape index (κ1) is 23.7. The largest absolute Gasteiger partial charge is 0.497 e. The number of piperazine rings is 1. The monoisotopic (exact) mass is 459 g/mol. The first-order chi connectivity index (χ1) is 15.3. The summed E-state index contributed by atoms with van der Waals surface area (Å²) >= 11 is 0. The average Bonchev–Trinajstić information content (AvgIpc) is 2.83. The van der Waals surface area contributed by atoms with E-state index in [4.69, 9.17) is 4.74 Å². The van der Waals surface area contributed by atoms with Gasteiger partial charge in [0, 0.05) is 32.6 Å². The molecule has 1 N–H and O–H groups in total. The van der Waals surface area contributed by atoms with Gasteiger partial charge < -0.3 is 14.5 Å². The maximum absolute atomic E-state index is 12.6. The second kappa shape index (κ2) is 10.6. The van der Waals surface area contributed by atoms with Crippen LogP contribution < -0.4 is 9.46 Å². The second-order valence-corrected chi connectivity index (χ2v) is 9.53. The fourth-order valence-corrected chi connectivity index (χ4v) is 4.37. The van der Waals surface area contributed by atoms with Crippen molar-refractivity contribution in [1.82, 2.24) is 14.5 Å². The molecule has 0 atom stereocenters. The van der Waals surface area contributed by atoms with E-state index >= 15 is 0 Å². The number of methoxy groups -OCH3 is 1. The van der Waals surface area contributed by atoms with Gasteiger partial charge in [-0.05, 0) is 48.9 Å². The van der Waals surface area contributed by atoms with Crippen molar-refractivity contribution in [2.75, 3.05) is 40.3 Å². The lowest BCUT2D eigenvalue weighted by molar-refractivity contribution is -0.139. The summed E-state index contributed by atoms with van der Waals surface area (Å²) in [6, 6.07) is 14.0. The molecule has 2 aromatic carbocycles. The zero-order valence-electron chi connectivity index (χ0n) is 18.4. The van der Waals surface area contributed by atoms with Crippen LogP contribution >= 0.6 is 0 Å². The van der Waals surface area contributed by atoms with Crippen LogP contribution in [0.25, 0.3) is 0 Å². The average molecular weight is 460 g/mol. The minimum absolute atomic E-state index is 0.0387. The SMILES string of the molecule is CNS(=O)(=O)c1ccc(CCC(=O)N2CCN(C(=O)Cc3cccc(OC)c3)CC2)cc1. The number of hydrogen-bond acceptors (Lipinski definition) is 5. The van der Waals surface area contributed by atoms with Crippen molar-refractivity contribution in [3.8, 4) is 5.75 Å². The Kier molecular flexibility index (Phi) is 7.87. The van der Waals surface area contributed by atoms with E-state index in [9.17, 15) is 18.0 Å². The van der Waals surface area contributed by atoms with Gasteiger partial charge in [-0.15, -0.1) is 0 Å². The van der Waals surface area contributed by atoms with E-state index in [0.29, 0.717) is 45.4 Å². The van der Waals surface area contributed by atoms with Gasteiger partial charge in [0.25, 0.3) is 0 Å². The van der Waals surface area contributed by atoms with E-state index in [2.05, 4.69) is 4.72 Å². The number of benzene rings is 2. The summed E-state index contributed by atoms with van der Waals surface area (Å²) in [5.41, 5.74) is 1.81. The van der Waals surface area contributed by atoms with Crippen molar-refractivity contribution in [1.29, 1.82) is 0 Å². The Morgan fingerprint density at radius 1 is 0.938 bits per heavy atom. The third kappa shape index (κ3) is 6.08. The topological polar surface area (TPSA) is 96.0 Å². The third-order valence-corrected chi connectivity index (χ3v) is 7.03. The van der Waals surface area contributed by atoms with Crippen molar-refractivity contribution in [2.45, 2.75) is 24.2 Å². The van der Waals surface area contributed by atoms with E-state index in [0.717, 1.165) is 16.9 Å². The van der Waals surface area contributed by atoms with Crippen LogP contribution in [0, 0.1) is 0 Å². The highest BCUT2D eigenvalue weighted by Gasteiger charge is 2.24. The van der Waals surface area contributed by atoms with Gasteiger partial charge in [0.2, 0.25) is 21.8 Å². The molecule has 32 heavy (non-hydrogen) atoms. The number of carbonyl (C=O) groups excluding carboxylic acids is 2. The smallest absolute Gasteiger partial charge is 0.240 e. The summed E-state index contributed by atoms with van der Waals surface area (Å²) < 4.78 is 31.1. The predicted octanol–water partition coefficient (Wildman–Crippen LogP) is 1.45. The first-order valence-electron chi connectivity index (χ1n) is 10.5. The van der Waals surface area contributed by atoms with Crippen LogP contribution in [-0.2, 0) is 32.5 Å². The summed E-state index contributed by atoms with van der Waals surface area (Å²) in [6.07, 6.45) is 1.19. The zero-order valence-corrected chi connectivity index (χ0v) is 19.2. The van der Waals surface area contributed by atoms with Crippen LogP contribution in [0.15, 0.2) is 53.4 Å². The molecule has 2 aromatic rings. The molecule has 1 heterocycles. The Bertz CT molecular complexity index is 1050. The summed E-state index contributed by atoms with van der Waals surface area (Å²) in [5.74, 6) is 0.808. The van der Waals surface area contributed by atoms with Crippen LogP contribution in [0.1, 0.15) is 17.5 Å². The summed E-state index contributed by atoms with van der Waals surface area (Å²) in [6.45, 7) is 2.07. The van der Waals surface area contributed by atoms with Crippen LogP contribution in [0.2, 0.25) is 0 Å². The van der Waals surface area contributed by atoms with E-state index in [1.807, 2.05) is 24.3 Å². The third-order valence-electron chi connectivity index (χ3n) is 5.60. The molecule has 0 unspecified atom stereocenters. The molecule has 1 aliphatic heterocycles. The summed E-state index contributed by atoms with van der Waals surface area (Å²) in [7, 11) is -0.496. The minimum Gasteiger partial charge on any atom is -0.497 e. The molecule has 1 saturated heterocycles. The Morgan fingerprint density at radius 2 is 1.56 bits per heavy atom. The van der Waals surface area contributed by atoms with Gasteiger partial charge in [0.1, 0.15) is 5.75 Å². The number of nitrogens with zero attached hydrogens (tertiary/aromatic N) is 2. The standard InChI is InChI=1S/C23H29N3O5S/c1-24-32(29,30)21-9-6-18(7-10-21)8-11-22(27)25-12-14-26(15-13-25)23(28)17-19-4-3-5-20(16-19)31-2/h3-7,9-10,16,24H,8,11-15,17H2,1-2H3. The van der Waals surface area contributed by atoms with Crippen LogP contribution in [0.5, 0.6) is 5.75 Å². The highest BCUT2D eigenvalue weighted by atomic mass is 32.2. The van der Waals surface area contributed by atoms with E-state index in [1.165, 1.54) is 7.05 Å². The number of ether oxygens (including phenoxy) is 1. The molecule has 9 heteroatoms. The lowest BCUT2D eigenvalue weighted by Gasteiger charge is -2.35. The van der Waals surface area contributed by atoms with Crippen molar-refractivity contribution >= 4 is 21.8 Å². The molecule has 172 valence electrons. The van der Waals surface area contributed by atoms with Gasteiger partial charge in [0.05, 0.1) is 18.4 Å². The summed E-state index contributed by atoms with van der Waals surface area (Å²) in [4.78, 5) is 29.0. The molecule has 0 aromatic heterocycles. The molecule has 0 bridgehead atoms. The molecule has 0 spiro atoms. The lowest BCUT2D eigenvalue weighted by Crippen LogP contribution is -2.51.